The molecule has 1 aromatic rings. The van der Waals surface area contributed by atoms with Gasteiger partial charge in [0, 0.05) is 18.5 Å². The highest BCUT2D eigenvalue weighted by atomic mass is 32.2. The molecule has 1 aliphatic heterocycles. The number of hydrogen-bond donors (Lipinski definition) is 0. The van der Waals surface area contributed by atoms with E-state index in [1.54, 1.807) is 6.07 Å². The summed E-state index contributed by atoms with van der Waals surface area (Å²) in [5.41, 5.74) is 1.09. The molecule has 0 unspecified atom stereocenters. The van der Waals surface area contributed by atoms with Gasteiger partial charge in [-0.05, 0) is 37.0 Å². The van der Waals surface area contributed by atoms with Gasteiger partial charge in [0.25, 0.3) is 0 Å². The van der Waals surface area contributed by atoms with Crippen LogP contribution in [0.3, 0.4) is 0 Å². The Balaban J connectivity index is 1.91. The zero-order valence-corrected chi connectivity index (χ0v) is 9.01. The fraction of sp³-hybridized carbons (Fsp3) is 0.364. The molecule has 1 aliphatic carbocycles. The quantitative estimate of drug-likeness (QED) is 0.714. The van der Waals surface area contributed by atoms with Gasteiger partial charge in [-0.15, -0.1) is 0 Å². The van der Waals surface area contributed by atoms with E-state index in [1.807, 2.05) is 12.4 Å². The lowest BCUT2D eigenvalue weighted by Crippen LogP contribution is -2.25. The van der Waals surface area contributed by atoms with Crippen molar-refractivity contribution in [2.75, 3.05) is 11.4 Å². The zero-order chi connectivity index (χ0) is 10.3. The van der Waals surface area contributed by atoms with E-state index in [9.17, 15) is 4.39 Å². The number of rotatable bonds is 2. The number of anilines is 1. The summed E-state index contributed by atoms with van der Waals surface area (Å²) in [5, 5.41) is 0. The van der Waals surface area contributed by atoms with Crippen LogP contribution in [-0.2, 0) is 0 Å². The van der Waals surface area contributed by atoms with Gasteiger partial charge >= 0.3 is 0 Å². The summed E-state index contributed by atoms with van der Waals surface area (Å²) >= 11 is 1.34. The first-order chi connectivity index (χ1) is 7.33. The highest BCUT2D eigenvalue weighted by Gasteiger charge is 2.26. The van der Waals surface area contributed by atoms with E-state index in [-0.39, 0.29) is 5.82 Å². The highest BCUT2D eigenvalue weighted by molar-refractivity contribution is 7.98. The molecule has 0 atom stereocenters. The van der Waals surface area contributed by atoms with Gasteiger partial charge in [0.05, 0.1) is 10.6 Å². The van der Waals surface area contributed by atoms with E-state index in [0.29, 0.717) is 0 Å². The second-order valence-corrected chi connectivity index (χ2v) is 4.85. The fourth-order valence-electron chi connectivity index (χ4n) is 1.72. The molecule has 2 aliphatic rings. The largest absolute Gasteiger partial charge is 0.331 e. The Hall–Kier alpha value is -1.03. The van der Waals surface area contributed by atoms with Crippen LogP contribution in [-0.4, -0.2) is 12.9 Å². The Morgan fingerprint density at radius 1 is 1.47 bits per heavy atom. The van der Waals surface area contributed by atoms with Gasteiger partial charge in [-0.1, -0.05) is 0 Å². The van der Waals surface area contributed by atoms with Gasteiger partial charge in [-0.3, -0.25) is 0 Å². The molecule has 4 heteroatoms. The number of benzene rings is 1. The predicted molar refractivity (Wildman–Crippen MR) is 60.8 cm³/mol. The summed E-state index contributed by atoms with van der Waals surface area (Å²) in [7, 11) is 0. The second-order valence-electron chi connectivity index (χ2n) is 4.02. The maximum absolute atomic E-state index is 13.0. The molecule has 1 saturated carbocycles. The van der Waals surface area contributed by atoms with Crippen LogP contribution in [0.25, 0.3) is 0 Å². The highest BCUT2D eigenvalue weighted by Crippen LogP contribution is 2.37. The molecule has 78 valence electrons. The molecule has 0 spiro atoms. The van der Waals surface area contributed by atoms with Gasteiger partial charge in [0.15, 0.2) is 0 Å². The van der Waals surface area contributed by atoms with E-state index < -0.39 is 0 Å². The van der Waals surface area contributed by atoms with Crippen LogP contribution in [0.2, 0.25) is 0 Å². The summed E-state index contributed by atoms with van der Waals surface area (Å²) in [6.07, 6.45) is 4.48. The summed E-state index contributed by atoms with van der Waals surface area (Å²) in [4.78, 5) is 3.04. The van der Waals surface area contributed by atoms with Crippen molar-refractivity contribution in [1.82, 2.24) is 0 Å². The standard InChI is InChI=1S/C11H11FN2S/c12-9-3-4-10-11(5-9)15-13-7-14(10)6-8-1-2-8/h3-5,7-8H,1-2,6H2. The van der Waals surface area contributed by atoms with E-state index in [1.165, 1.54) is 30.9 Å². The molecule has 3 rings (SSSR count). The molecule has 1 heterocycles. The van der Waals surface area contributed by atoms with Crippen molar-refractivity contribution in [1.29, 1.82) is 0 Å². The Morgan fingerprint density at radius 2 is 2.33 bits per heavy atom. The van der Waals surface area contributed by atoms with Crippen molar-refractivity contribution in [2.45, 2.75) is 17.7 Å². The maximum Gasteiger partial charge on any atom is 0.124 e. The van der Waals surface area contributed by atoms with Crippen LogP contribution in [0.15, 0.2) is 27.5 Å². The van der Waals surface area contributed by atoms with Crippen molar-refractivity contribution in [3.8, 4) is 0 Å². The zero-order valence-electron chi connectivity index (χ0n) is 8.19. The van der Waals surface area contributed by atoms with E-state index >= 15 is 0 Å². The molecule has 0 amide bonds. The van der Waals surface area contributed by atoms with Crippen molar-refractivity contribution in [3.63, 3.8) is 0 Å². The van der Waals surface area contributed by atoms with Crippen LogP contribution in [0.4, 0.5) is 10.1 Å². The SMILES string of the molecule is Fc1ccc2c(c1)SN=CN2CC1CC1. The molecule has 0 radical (unpaired) electrons. The molecule has 1 aromatic carbocycles. The van der Waals surface area contributed by atoms with Gasteiger partial charge in [-0.25, -0.2) is 8.79 Å². The topological polar surface area (TPSA) is 15.6 Å². The number of halogens is 1. The molecule has 0 N–H and O–H groups in total. The van der Waals surface area contributed by atoms with Crippen molar-refractivity contribution >= 4 is 24.0 Å². The summed E-state index contributed by atoms with van der Waals surface area (Å²) in [5.74, 6) is 0.613. The molecule has 0 bridgehead atoms. The lowest BCUT2D eigenvalue weighted by Gasteiger charge is -2.24. The van der Waals surface area contributed by atoms with E-state index in [0.717, 1.165) is 23.0 Å². The van der Waals surface area contributed by atoms with Gasteiger partial charge in [0.2, 0.25) is 0 Å². The van der Waals surface area contributed by atoms with Gasteiger partial charge in [-0.2, -0.15) is 0 Å². The van der Waals surface area contributed by atoms with Crippen molar-refractivity contribution < 1.29 is 4.39 Å². The first kappa shape index (κ1) is 9.21. The van der Waals surface area contributed by atoms with Crippen LogP contribution in [0, 0.1) is 11.7 Å². The molecule has 1 fully saturated rings. The number of nitrogens with zero attached hydrogens (tertiary/aromatic N) is 2. The minimum Gasteiger partial charge on any atom is -0.331 e. The van der Waals surface area contributed by atoms with E-state index in [2.05, 4.69) is 9.30 Å². The minimum absolute atomic E-state index is 0.190. The fourth-order valence-corrected chi connectivity index (χ4v) is 2.44. The predicted octanol–water partition coefficient (Wildman–Crippen LogP) is 3.09. The first-order valence-electron chi connectivity index (χ1n) is 5.09. The van der Waals surface area contributed by atoms with Crippen molar-refractivity contribution in [2.24, 2.45) is 10.3 Å². The number of fused-ring (bicyclic) bond motifs is 1. The Labute approximate surface area is 92.3 Å². The molecule has 0 aromatic heterocycles. The summed E-state index contributed by atoms with van der Waals surface area (Å²) < 4.78 is 17.2. The van der Waals surface area contributed by atoms with Gasteiger partial charge in [0.1, 0.15) is 12.2 Å². The molecule has 0 saturated heterocycles. The third-order valence-electron chi connectivity index (χ3n) is 2.72. The molecular formula is C11H11FN2S. The van der Waals surface area contributed by atoms with E-state index in [4.69, 9.17) is 0 Å². The second kappa shape index (κ2) is 3.52. The summed E-state index contributed by atoms with van der Waals surface area (Å²) in [6.45, 7) is 1.02. The third-order valence-corrected chi connectivity index (χ3v) is 3.44. The average molecular weight is 222 g/mol. The molecule has 15 heavy (non-hydrogen) atoms. The Kier molecular flexibility index (Phi) is 2.16. The van der Waals surface area contributed by atoms with Crippen LogP contribution >= 0.6 is 11.9 Å². The van der Waals surface area contributed by atoms with Crippen LogP contribution in [0.1, 0.15) is 12.8 Å². The molecular weight excluding hydrogens is 211 g/mol. The average Bonchev–Trinajstić information content (AvgIpc) is 3.01. The minimum atomic E-state index is -0.190. The first-order valence-corrected chi connectivity index (χ1v) is 5.87. The van der Waals surface area contributed by atoms with Crippen LogP contribution in [0.5, 0.6) is 0 Å². The van der Waals surface area contributed by atoms with Gasteiger partial charge < -0.3 is 4.90 Å². The monoisotopic (exact) mass is 222 g/mol. The number of hydrogen-bond acceptors (Lipinski definition) is 3. The Morgan fingerprint density at radius 3 is 3.13 bits per heavy atom. The maximum atomic E-state index is 13.0. The molecule has 2 nitrogen and oxygen atoms in total. The third kappa shape index (κ3) is 1.86. The smallest absolute Gasteiger partial charge is 0.124 e. The normalized spacial score (nSPS) is 19.1. The van der Waals surface area contributed by atoms with Crippen LogP contribution < -0.4 is 4.90 Å². The Bertz CT molecular complexity index is 415. The lowest BCUT2D eigenvalue weighted by molar-refractivity contribution is 0.624. The summed E-state index contributed by atoms with van der Waals surface area (Å²) in [6, 6.07) is 4.90. The lowest BCUT2D eigenvalue weighted by atomic mass is 10.2. The van der Waals surface area contributed by atoms with Crippen molar-refractivity contribution in [3.05, 3.63) is 24.0 Å².